The largest absolute Gasteiger partial charge is 0.506 e. The summed E-state index contributed by atoms with van der Waals surface area (Å²) in [7, 11) is 0. The van der Waals surface area contributed by atoms with Gasteiger partial charge in [-0.15, -0.1) is 0 Å². The van der Waals surface area contributed by atoms with Crippen molar-refractivity contribution in [3.8, 4) is 6.07 Å². The summed E-state index contributed by atoms with van der Waals surface area (Å²) in [5.41, 5.74) is 0.951. The molecule has 1 aromatic carbocycles. The van der Waals surface area contributed by atoms with Crippen LogP contribution in [0.25, 0.3) is 0 Å². The van der Waals surface area contributed by atoms with Crippen molar-refractivity contribution >= 4 is 12.1 Å². The highest BCUT2D eigenvalue weighted by Crippen LogP contribution is 2.09. The van der Waals surface area contributed by atoms with Crippen LogP contribution in [0.15, 0.2) is 30.3 Å². The number of nitrogens with zero attached hydrogens (tertiary/aromatic N) is 1. The predicted octanol–water partition coefficient (Wildman–Crippen LogP) is 2.32. The van der Waals surface area contributed by atoms with Crippen LogP contribution in [0.5, 0.6) is 0 Å². The number of ether oxygens (including phenoxy) is 2. The van der Waals surface area contributed by atoms with Crippen molar-refractivity contribution in [1.82, 2.24) is 5.32 Å². The third kappa shape index (κ3) is 7.61. The first-order valence-corrected chi connectivity index (χ1v) is 7.63. The van der Waals surface area contributed by atoms with Gasteiger partial charge in [0.25, 0.3) is 5.91 Å². The lowest BCUT2D eigenvalue weighted by atomic mass is 10.1. The van der Waals surface area contributed by atoms with Crippen molar-refractivity contribution in [3.63, 3.8) is 0 Å². The van der Waals surface area contributed by atoms with E-state index in [4.69, 9.17) is 15.1 Å². The summed E-state index contributed by atoms with van der Waals surface area (Å²) in [6.45, 7) is 4.00. The Hall–Kier alpha value is -2.59. The van der Waals surface area contributed by atoms with Gasteiger partial charge < -0.3 is 19.9 Å². The Balaban J connectivity index is 2.50. The summed E-state index contributed by atoms with van der Waals surface area (Å²) in [6.07, 6.45) is -2.43. The Labute approximate surface area is 141 Å². The van der Waals surface area contributed by atoms with Crippen molar-refractivity contribution in [2.45, 2.75) is 39.0 Å². The summed E-state index contributed by atoms with van der Waals surface area (Å²) >= 11 is 0. The van der Waals surface area contributed by atoms with Crippen LogP contribution < -0.4 is 5.32 Å². The van der Waals surface area contributed by atoms with Gasteiger partial charge in [-0.1, -0.05) is 44.2 Å². The average molecular weight is 334 g/mol. The van der Waals surface area contributed by atoms with E-state index in [2.05, 4.69) is 10.1 Å². The Kier molecular flexibility index (Phi) is 8.30. The number of rotatable bonds is 9. The molecule has 0 aromatic heterocycles. The van der Waals surface area contributed by atoms with Crippen LogP contribution in [0.3, 0.4) is 0 Å². The highest BCUT2D eigenvalue weighted by Gasteiger charge is 2.26. The zero-order chi connectivity index (χ0) is 17.9. The smallest absolute Gasteiger partial charge is 0.450 e. The first-order chi connectivity index (χ1) is 11.4. The average Bonchev–Trinajstić information content (AvgIpc) is 2.53. The van der Waals surface area contributed by atoms with E-state index in [9.17, 15) is 9.59 Å². The molecule has 0 unspecified atom stereocenters. The molecule has 0 aliphatic heterocycles. The van der Waals surface area contributed by atoms with Gasteiger partial charge in [-0.25, -0.2) is 4.79 Å². The Morgan fingerprint density at radius 2 is 1.96 bits per heavy atom. The maximum absolute atomic E-state index is 12.1. The molecule has 0 heterocycles. The molecule has 24 heavy (non-hydrogen) atoms. The first-order valence-electron chi connectivity index (χ1n) is 7.63. The lowest BCUT2D eigenvalue weighted by Crippen LogP contribution is -2.45. The van der Waals surface area contributed by atoms with Gasteiger partial charge >= 0.3 is 6.16 Å². The monoisotopic (exact) mass is 334 g/mol. The second-order valence-corrected chi connectivity index (χ2v) is 5.69. The van der Waals surface area contributed by atoms with Crippen molar-refractivity contribution in [3.05, 3.63) is 35.9 Å². The molecule has 1 amide bonds. The third-order valence-electron chi connectivity index (χ3n) is 3.09. The number of nitriles is 1. The molecule has 0 aliphatic carbocycles. The minimum Gasteiger partial charge on any atom is -0.450 e. The van der Waals surface area contributed by atoms with Gasteiger partial charge in [-0.2, -0.15) is 5.26 Å². The maximum atomic E-state index is 12.1. The van der Waals surface area contributed by atoms with Gasteiger partial charge in [0.2, 0.25) is 0 Å². The second kappa shape index (κ2) is 10.2. The van der Waals surface area contributed by atoms with Crippen LogP contribution in [0.4, 0.5) is 4.79 Å². The molecule has 0 radical (unpaired) electrons. The predicted molar refractivity (Wildman–Crippen MR) is 86.0 cm³/mol. The van der Waals surface area contributed by atoms with Crippen LogP contribution in [0, 0.1) is 17.2 Å². The Morgan fingerprint density at radius 1 is 1.29 bits per heavy atom. The summed E-state index contributed by atoms with van der Waals surface area (Å²) in [5, 5.41) is 20.3. The molecule has 2 N–H and O–H groups in total. The van der Waals surface area contributed by atoms with Gasteiger partial charge in [-0.05, 0) is 17.9 Å². The molecular formula is C17H22N2O5. The molecular weight excluding hydrogens is 312 g/mol. The van der Waals surface area contributed by atoms with Gasteiger partial charge in [-0.3, -0.25) is 4.79 Å². The van der Waals surface area contributed by atoms with E-state index in [1.165, 1.54) is 0 Å². The fourth-order valence-corrected chi connectivity index (χ4v) is 2.00. The number of hydrogen-bond acceptors (Lipinski definition) is 5. The number of amides is 1. The zero-order valence-corrected chi connectivity index (χ0v) is 13.8. The molecule has 7 nitrogen and oxygen atoms in total. The van der Waals surface area contributed by atoms with Crippen LogP contribution in [-0.4, -0.2) is 35.9 Å². The van der Waals surface area contributed by atoms with E-state index in [0.29, 0.717) is 6.61 Å². The highest BCUT2D eigenvalue weighted by atomic mass is 16.7. The summed E-state index contributed by atoms with van der Waals surface area (Å²) in [4.78, 5) is 22.8. The molecule has 0 fully saturated rings. The fraction of sp³-hybridized carbons (Fsp3) is 0.471. The lowest BCUT2D eigenvalue weighted by Gasteiger charge is -2.19. The topological polar surface area (TPSA) is 109 Å². The van der Waals surface area contributed by atoms with E-state index < -0.39 is 24.2 Å². The van der Waals surface area contributed by atoms with Crippen LogP contribution >= 0.6 is 0 Å². The van der Waals surface area contributed by atoms with Crippen molar-refractivity contribution < 1.29 is 24.2 Å². The quantitative estimate of drug-likeness (QED) is 0.671. The van der Waals surface area contributed by atoms with Gasteiger partial charge in [0.1, 0.15) is 6.04 Å². The molecule has 130 valence electrons. The van der Waals surface area contributed by atoms with Crippen LogP contribution in [0.2, 0.25) is 0 Å². The van der Waals surface area contributed by atoms with Gasteiger partial charge in [0.05, 0.1) is 19.3 Å². The molecule has 1 rings (SSSR count). The van der Waals surface area contributed by atoms with Crippen molar-refractivity contribution in [2.24, 2.45) is 5.92 Å². The van der Waals surface area contributed by atoms with E-state index in [-0.39, 0.29) is 18.9 Å². The molecule has 0 aliphatic rings. The Morgan fingerprint density at radius 3 is 2.50 bits per heavy atom. The van der Waals surface area contributed by atoms with Crippen LogP contribution in [-0.2, 0) is 20.9 Å². The Bertz CT molecular complexity index is 568. The molecule has 1 aromatic rings. The molecule has 0 spiro atoms. The summed E-state index contributed by atoms with van der Waals surface area (Å²) < 4.78 is 10.0. The van der Waals surface area contributed by atoms with E-state index in [1.807, 2.05) is 50.2 Å². The number of carbonyl (C=O) groups excluding carboxylic acids is 1. The molecule has 2 atom stereocenters. The standard InChI is InChI=1S/C17H22N2O5/c1-12(2)8-15(24-17(21)22)16(20)19-14(9-18)11-23-10-13-6-4-3-5-7-13/h3-7,12,14-15H,8,10-11H2,1-2H3,(H,19,20)(H,21,22)/t14-,15+/m1/s1. The molecule has 0 saturated carbocycles. The number of hydrogen-bond donors (Lipinski definition) is 2. The zero-order valence-electron chi connectivity index (χ0n) is 13.8. The molecule has 0 bridgehead atoms. The third-order valence-corrected chi connectivity index (χ3v) is 3.09. The minimum atomic E-state index is -1.52. The highest BCUT2D eigenvalue weighted by molar-refractivity contribution is 5.83. The fourth-order valence-electron chi connectivity index (χ4n) is 2.00. The summed E-state index contributed by atoms with van der Waals surface area (Å²) in [6, 6.07) is 10.5. The van der Waals surface area contributed by atoms with Crippen LogP contribution in [0.1, 0.15) is 25.8 Å². The van der Waals surface area contributed by atoms with Gasteiger partial charge in [0.15, 0.2) is 6.10 Å². The molecule has 7 heteroatoms. The second-order valence-electron chi connectivity index (χ2n) is 5.69. The lowest BCUT2D eigenvalue weighted by molar-refractivity contribution is -0.132. The number of benzene rings is 1. The van der Waals surface area contributed by atoms with Crippen molar-refractivity contribution in [1.29, 1.82) is 5.26 Å². The number of nitrogens with one attached hydrogen (secondary N) is 1. The van der Waals surface area contributed by atoms with E-state index in [0.717, 1.165) is 5.56 Å². The SMILES string of the molecule is CC(C)C[C@H](OC(=O)O)C(=O)N[C@H](C#N)COCc1ccccc1. The van der Waals surface area contributed by atoms with E-state index >= 15 is 0 Å². The first kappa shape index (κ1) is 19.5. The number of carbonyl (C=O) groups is 2. The van der Waals surface area contributed by atoms with E-state index in [1.54, 1.807) is 0 Å². The van der Waals surface area contributed by atoms with Crippen molar-refractivity contribution in [2.75, 3.05) is 6.61 Å². The number of carboxylic acid groups (broad SMARTS) is 1. The normalized spacial score (nSPS) is 12.9. The molecule has 0 saturated heterocycles. The minimum absolute atomic E-state index is 0.00138. The maximum Gasteiger partial charge on any atom is 0.506 e. The van der Waals surface area contributed by atoms with Gasteiger partial charge in [0, 0.05) is 0 Å². The summed E-state index contributed by atoms with van der Waals surface area (Å²) in [5.74, 6) is -0.573.